The molecule has 0 bridgehead atoms. The Bertz CT molecular complexity index is 546. The molecular weight excluding hydrogens is 374 g/mol. The van der Waals surface area contributed by atoms with Gasteiger partial charge < -0.3 is 4.74 Å². The van der Waals surface area contributed by atoms with E-state index < -0.39 is 13.0 Å². The lowest BCUT2D eigenvalue weighted by atomic mass is 10.3. The molecule has 18 heavy (non-hydrogen) atoms. The molecular formula is C11H8Br2F2N2O. The fraction of sp³-hybridized carbons (Fsp3) is 0.182. The molecule has 0 atom stereocenters. The molecule has 0 N–H and O–H groups in total. The summed E-state index contributed by atoms with van der Waals surface area (Å²) in [7, 11) is 0. The van der Waals surface area contributed by atoms with Crippen LogP contribution in [0.5, 0.6) is 5.75 Å². The van der Waals surface area contributed by atoms with Crippen molar-refractivity contribution in [1.82, 2.24) is 9.78 Å². The number of ether oxygens (including phenoxy) is 1. The molecule has 0 unspecified atom stereocenters. The van der Waals surface area contributed by atoms with Crippen molar-refractivity contribution in [3.63, 3.8) is 0 Å². The predicted molar refractivity (Wildman–Crippen MR) is 70.5 cm³/mol. The van der Waals surface area contributed by atoms with E-state index in [-0.39, 0.29) is 0 Å². The smallest absolute Gasteiger partial charge is 0.272 e. The molecule has 96 valence electrons. The molecule has 7 heteroatoms. The first-order valence-electron chi connectivity index (χ1n) is 4.98. The van der Waals surface area contributed by atoms with Gasteiger partial charge in [0.1, 0.15) is 21.6 Å². The zero-order valence-corrected chi connectivity index (χ0v) is 12.2. The lowest BCUT2D eigenvalue weighted by molar-refractivity contribution is 0.0819. The first kappa shape index (κ1) is 13.5. The van der Waals surface area contributed by atoms with E-state index in [1.54, 1.807) is 35.0 Å². The minimum absolute atomic E-state index is 0.381. The second-order valence-corrected chi connectivity index (χ2v) is 5.03. The average molecular weight is 382 g/mol. The van der Waals surface area contributed by atoms with Crippen LogP contribution in [0.2, 0.25) is 0 Å². The third kappa shape index (κ3) is 3.29. The van der Waals surface area contributed by atoms with Gasteiger partial charge in [-0.25, -0.2) is 13.5 Å². The van der Waals surface area contributed by atoms with Crippen LogP contribution in [0.4, 0.5) is 8.78 Å². The van der Waals surface area contributed by atoms with E-state index in [4.69, 9.17) is 4.74 Å². The van der Waals surface area contributed by atoms with Gasteiger partial charge in [0.25, 0.3) is 6.43 Å². The quantitative estimate of drug-likeness (QED) is 0.799. The Balaban J connectivity index is 2.24. The molecule has 0 spiro atoms. The maximum Gasteiger partial charge on any atom is 0.272 e. The van der Waals surface area contributed by atoms with Crippen LogP contribution in [0.25, 0.3) is 5.69 Å². The summed E-state index contributed by atoms with van der Waals surface area (Å²) in [6, 6.07) is 8.58. The Labute approximate surface area is 119 Å². The number of alkyl halides is 2. The Kier molecular flexibility index (Phi) is 4.34. The van der Waals surface area contributed by atoms with E-state index >= 15 is 0 Å². The van der Waals surface area contributed by atoms with Crippen molar-refractivity contribution in [3.05, 3.63) is 39.5 Å². The van der Waals surface area contributed by atoms with Crippen molar-refractivity contribution in [2.24, 2.45) is 0 Å². The standard InChI is InChI=1S/C11H8Br2F2N2O/c12-9-5-10(13)17(16-9)7-2-1-3-8(4-7)18-6-11(14)15/h1-5,11H,6H2. The number of hydrogen-bond acceptors (Lipinski definition) is 2. The van der Waals surface area contributed by atoms with Gasteiger partial charge in [0, 0.05) is 12.1 Å². The second-order valence-electron chi connectivity index (χ2n) is 3.40. The molecule has 1 aromatic carbocycles. The van der Waals surface area contributed by atoms with Crippen LogP contribution in [-0.4, -0.2) is 22.8 Å². The predicted octanol–water partition coefficient (Wildman–Crippen LogP) is 4.04. The molecule has 0 saturated carbocycles. The number of halogens is 4. The van der Waals surface area contributed by atoms with E-state index in [1.807, 2.05) is 0 Å². The summed E-state index contributed by atoms with van der Waals surface area (Å²) >= 11 is 6.61. The van der Waals surface area contributed by atoms with Crippen molar-refractivity contribution in [2.75, 3.05) is 6.61 Å². The Morgan fingerprint density at radius 3 is 2.67 bits per heavy atom. The van der Waals surface area contributed by atoms with Crippen LogP contribution in [-0.2, 0) is 0 Å². The second kappa shape index (κ2) is 5.79. The molecule has 1 aromatic heterocycles. The molecule has 0 amide bonds. The summed E-state index contributed by atoms with van der Waals surface area (Å²) < 4.78 is 32.1. The summed E-state index contributed by atoms with van der Waals surface area (Å²) in [6.07, 6.45) is -2.49. The fourth-order valence-electron chi connectivity index (χ4n) is 1.38. The van der Waals surface area contributed by atoms with Crippen molar-refractivity contribution < 1.29 is 13.5 Å². The molecule has 0 aliphatic heterocycles. The van der Waals surface area contributed by atoms with Crippen molar-refractivity contribution >= 4 is 31.9 Å². The third-order valence-corrected chi connectivity index (χ3v) is 3.03. The summed E-state index contributed by atoms with van der Waals surface area (Å²) in [6.45, 7) is -0.618. The molecule has 0 aliphatic carbocycles. The van der Waals surface area contributed by atoms with Gasteiger partial charge >= 0.3 is 0 Å². The average Bonchev–Trinajstić information content (AvgIpc) is 2.66. The minimum Gasteiger partial charge on any atom is -0.488 e. The molecule has 1 heterocycles. The highest BCUT2D eigenvalue weighted by atomic mass is 79.9. The molecule has 0 radical (unpaired) electrons. The number of hydrogen-bond donors (Lipinski definition) is 0. The highest BCUT2D eigenvalue weighted by molar-refractivity contribution is 9.11. The molecule has 2 rings (SSSR count). The van der Waals surface area contributed by atoms with Crippen LogP contribution in [0.3, 0.4) is 0 Å². The summed E-state index contributed by atoms with van der Waals surface area (Å²) in [5, 5.41) is 4.20. The third-order valence-electron chi connectivity index (χ3n) is 2.07. The number of nitrogens with zero attached hydrogens (tertiary/aromatic N) is 2. The molecule has 3 nitrogen and oxygen atoms in total. The van der Waals surface area contributed by atoms with Crippen LogP contribution in [0, 0.1) is 0 Å². The van der Waals surface area contributed by atoms with Gasteiger partial charge in [-0.1, -0.05) is 6.07 Å². The lowest BCUT2D eigenvalue weighted by Crippen LogP contribution is -2.07. The first-order valence-corrected chi connectivity index (χ1v) is 6.57. The van der Waals surface area contributed by atoms with Gasteiger partial charge in [0.2, 0.25) is 0 Å². The topological polar surface area (TPSA) is 27.1 Å². The van der Waals surface area contributed by atoms with Gasteiger partial charge in [-0.2, -0.15) is 5.10 Å². The number of aromatic nitrogens is 2. The van der Waals surface area contributed by atoms with E-state index in [0.29, 0.717) is 10.4 Å². The Hall–Kier alpha value is -0.950. The van der Waals surface area contributed by atoms with E-state index in [9.17, 15) is 8.78 Å². The minimum atomic E-state index is -2.49. The SMILES string of the molecule is FC(F)COc1cccc(-n2nc(Br)cc2Br)c1. The molecule has 0 saturated heterocycles. The van der Waals surface area contributed by atoms with Gasteiger partial charge in [-0.05, 0) is 44.0 Å². The maximum atomic E-state index is 12.1. The summed E-state index contributed by atoms with van der Waals surface area (Å²) in [5.41, 5.74) is 0.722. The molecule has 0 aliphatic rings. The van der Waals surface area contributed by atoms with Gasteiger partial charge in [-0.3, -0.25) is 0 Å². The molecule has 0 fully saturated rings. The van der Waals surface area contributed by atoms with Crippen molar-refractivity contribution in [3.8, 4) is 11.4 Å². The van der Waals surface area contributed by atoms with Gasteiger partial charge in [0.05, 0.1) is 5.69 Å². The number of rotatable bonds is 4. The number of benzene rings is 1. The first-order chi connectivity index (χ1) is 8.56. The van der Waals surface area contributed by atoms with Crippen LogP contribution in [0.1, 0.15) is 0 Å². The summed E-state index contributed by atoms with van der Waals surface area (Å²) in [4.78, 5) is 0. The van der Waals surface area contributed by atoms with Crippen molar-refractivity contribution in [1.29, 1.82) is 0 Å². The van der Waals surface area contributed by atoms with Crippen molar-refractivity contribution in [2.45, 2.75) is 6.43 Å². The van der Waals surface area contributed by atoms with Crippen LogP contribution in [0.15, 0.2) is 39.5 Å². The monoisotopic (exact) mass is 380 g/mol. The lowest BCUT2D eigenvalue weighted by Gasteiger charge is -2.08. The maximum absolute atomic E-state index is 12.1. The largest absolute Gasteiger partial charge is 0.488 e. The Morgan fingerprint density at radius 2 is 2.06 bits per heavy atom. The van der Waals surface area contributed by atoms with E-state index in [1.165, 1.54) is 0 Å². The van der Waals surface area contributed by atoms with Gasteiger partial charge in [-0.15, -0.1) is 0 Å². The highest BCUT2D eigenvalue weighted by Gasteiger charge is 2.08. The highest BCUT2D eigenvalue weighted by Crippen LogP contribution is 2.23. The zero-order valence-electron chi connectivity index (χ0n) is 8.99. The van der Waals surface area contributed by atoms with E-state index in [0.717, 1.165) is 10.3 Å². The normalized spacial score (nSPS) is 10.9. The fourth-order valence-corrected chi connectivity index (χ4v) is 2.56. The van der Waals surface area contributed by atoms with Crippen LogP contribution < -0.4 is 4.74 Å². The van der Waals surface area contributed by atoms with Crippen LogP contribution >= 0.6 is 31.9 Å². The zero-order chi connectivity index (χ0) is 13.1. The van der Waals surface area contributed by atoms with Gasteiger partial charge in [0.15, 0.2) is 0 Å². The Morgan fingerprint density at radius 1 is 1.28 bits per heavy atom. The molecule has 2 aromatic rings. The van der Waals surface area contributed by atoms with E-state index in [2.05, 4.69) is 37.0 Å². The summed E-state index contributed by atoms with van der Waals surface area (Å²) in [5.74, 6) is 0.381.